The summed E-state index contributed by atoms with van der Waals surface area (Å²) in [5.41, 5.74) is 3.91. The molecular formula is C61H80BBr3Cl2N2O8. The molecule has 0 unspecified atom stereocenters. The van der Waals surface area contributed by atoms with E-state index < -0.39 is 0 Å². The average molecular weight is 1290 g/mol. The van der Waals surface area contributed by atoms with Crippen LogP contribution in [0.1, 0.15) is 159 Å². The highest BCUT2D eigenvalue weighted by molar-refractivity contribution is 9.69. The molecule has 10 atom stereocenters. The van der Waals surface area contributed by atoms with Crippen molar-refractivity contribution in [1.29, 1.82) is 0 Å². The van der Waals surface area contributed by atoms with Crippen molar-refractivity contribution in [3.63, 3.8) is 0 Å². The van der Waals surface area contributed by atoms with Crippen LogP contribution in [0.25, 0.3) is 0 Å². The summed E-state index contributed by atoms with van der Waals surface area (Å²) < 4.78 is 11.2. The van der Waals surface area contributed by atoms with E-state index in [0.717, 1.165) is 62.5 Å². The molecule has 77 heavy (non-hydrogen) atoms. The number of carbonyl (C=O) groups excluding carboxylic acids is 4. The number of halogens is 5. The Labute approximate surface area is 493 Å². The molecule has 4 aromatic carbocycles. The monoisotopic (exact) mass is 1290 g/mol. The van der Waals surface area contributed by atoms with Crippen molar-refractivity contribution in [2.75, 3.05) is 19.6 Å². The average Bonchev–Trinajstić information content (AvgIpc) is 3.38. The van der Waals surface area contributed by atoms with Gasteiger partial charge in [0.15, 0.2) is 11.6 Å². The Kier molecular flexibility index (Phi) is 22.8. The molecule has 4 fully saturated rings. The third-order valence-corrected chi connectivity index (χ3v) is 18.1. The summed E-state index contributed by atoms with van der Waals surface area (Å²) in [6.07, 6.45) is 8.07. The summed E-state index contributed by atoms with van der Waals surface area (Å²) in [5, 5.41) is 26.9. The molecular weight excluding hydrogens is 1210 g/mol. The number of benzene rings is 4. The first-order valence-corrected chi connectivity index (χ1v) is 30.5. The van der Waals surface area contributed by atoms with Crippen LogP contribution in [0.3, 0.4) is 0 Å². The second kappa shape index (κ2) is 27.3. The number of fused-ring (bicyclic) bond motifs is 2. The number of ketones is 2. The Morgan fingerprint density at radius 3 is 1.27 bits per heavy atom. The first-order chi connectivity index (χ1) is 36.1. The standard InChI is InChI=1S/C31H41NO4.C29H37NO4.CH2Cl2.BBr3/c1-19-11-8-9-12-24(19)29(34)32-25-18-26-30(3,4)13-10-14-31(26,5)27(20(25)2)28(33)21-15-22(35-6)17-23(16-21)36-7;1-17-9-6-7-10-22(17)27(34)30-23-16-24-28(3,4)11-8-12-29(24,5)25(18(23)2)26(33)19-13-20(31)15-21(32)14-19;2-1-3;2-1(3)4/h8-9,11-12,15-17,20,25-27H,10,13-14,18H2,1-7H3,(H,32,34);6-7,9-10,13-15,18,23-25,31-32H,8,11-12,16H2,1-5H3,(H,30,34);1H2;/t20-,25-,26+,27-,31+;18-,23-,24+,25-,29+;;/m11../s1. The van der Waals surface area contributed by atoms with Gasteiger partial charge in [-0.3, -0.25) is 19.2 Å². The molecule has 0 radical (unpaired) electrons. The van der Waals surface area contributed by atoms with Crippen LogP contribution in [0.5, 0.6) is 23.0 Å². The Bertz CT molecular complexity index is 2660. The summed E-state index contributed by atoms with van der Waals surface area (Å²) in [5.74, 6) is 0.743. The molecule has 0 aromatic heterocycles. The summed E-state index contributed by atoms with van der Waals surface area (Å²) in [7, 11) is 3.20. The topological polar surface area (TPSA) is 151 Å². The highest BCUT2D eigenvalue weighted by Gasteiger charge is 2.60. The molecule has 0 bridgehead atoms. The summed E-state index contributed by atoms with van der Waals surface area (Å²) in [6, 6.07) is 24.6. The van der Waals surface area contributed by atoms with Gasteiger partial charge in [-0.1, -0.05) is 105 Å². The highest BCUT2D eigenvalue weighted by Crippen LogP contribution is 2.63. The summed E-state index contributed by atoms with van der Waals surface area (Å²) in [6.45, 7) is 21.9. The number of phenols is 2. The van der Waals surface area contributed by atoms with Crippen molar-refractivity contribution in [1.82, 2.24) is 10.6 Å². The molecule has 8 rings (SSSR count). The number of methoxy groups -OCH3 is 2. The van der Waals surface area contributed by atoms with E-state index in [9.17, 15) is 29.4 Å². The van der Waals surface area contributed by atoms with Crippen molar-refractivity contribution in [2.24, 2.45) is 57.2 Å². The lowest BCUT2D eigenvalue weighted by atomic mass is 9.45. The largest absolute Gasteiger partial charge is 0.508 e. The third-order valence-electron chi connectivity index (χ3n) is 18.1. The van der Waals surface area contributed by atoms with Crippen LogP contribution in [0.2, 0.25) is 0 Å². The van der Waals surface area contributed by atoms with Gasteiger partial charge in [-0.25, -0.2) is 0 Å². The van der Waals surface area contributed by atoms with E-state index in [-0.39, 0.29) is 107 Å². The molecule has 0 heterocycles. The van der Waals surface area contributed by atoms with Crippen LogP contribution in [0, 0.1) is 71.0 Å². The zero-order chi connectivity index (χ0) is 57.4. The number of Topliss-reactive ketones (excluding diaryl/α,β-unsaturated/α-hetero) is 2. The fraction of sp³-hybridized carbons (Fsp3) is 0.541. The van der Waals surface area contributed by atoms with E-state index in [1.807, 2.05) is 74.5 Å². The predicted molar refractivity (Wildman–Crippen MR) is 325 cm³/mol. The van der Waals surface area contributed by atoms with Gasteiger partial charge >= 0.3 is 3.18 Å². The Hall–Kier alpha value is -3.56. The number of carbonyl (C=O) groups is 4. The normalized spacial score (nSPS) is 27.5. The number of phenolic OH excluding ortho intramolecular Hbond substituents is 2. The number of aromatic hydroxyl groups is 2. The SMILES string of the molecule is BrB(Br)Br.COc1cc(OC)cc(C(=O)[C@H]2[C@H](C)[C@H](NC(=O)c3ccccc3C)C[C@H]3C(C)(C)CCC[C@]23C)c1.Cc1ccccc1C(=O)N[C@@H]1C[C@H]2C(C)(C)CCC[C@]2(C)[C@@H](C(=O)c2cc(O)cc(O)c2)[C@@H]1C.ClCCl. The molecule has 4 aromatic rings. The maximum atomic E-state index is 14.3. The lowest BCUT2D eigenvalue weighted by Crippen LogP contribution is -2.60. The highest BCUT2D eigenvalue weighted by atomic mass is 79.9. The molecule has 10 nitrogen and oxygen atoms in total. The maximum absolute atomic E-state index is 14.3. The van der Waals surface area contributed by atoms with E-state index in [1.54, 1.807) is 20.3 Å². The van der Waals surface area contributed by atoms with Crippen LogP contribution in [-0.4, -0.2) is 68.4 Å². The van der Waals surface area contributed by atoms with Crippen LogP contribution in [0.4, 0.5) is 0 Å². The first-order valence-electron chi connectivity index (χ1n) is 26.7. The van der Waals surface area contributed by atoms with Gasteiger partial charge < -0.3 is 30.3 Å². The molecule has 16 heteroatoms. The molecule has 4 N–H and O–H groups in total. The second-order valence-electron chi connectivity index (χ2n) is 23.7. The summed E-state index contributed by atoms with van der Waals surface area (Å²) >= 11 is 18.8. The molecule has 0 spiro atoms. The summed E-state index contributed by atoms with van der Waals surface area (Å²) in [4.78, 5) is 55.0. The van der Waals surface area contributed by atoms with Gasteiger partial charge in [0.1, 0.15) is 23.0 Å². The van der Waals surface area contributed by atoms with Gasteiger partial charge in [0.25, 0.3) is 11.8 Å². The number of hydrogen-bond acceptors (Lipinski definition) is 8. The maximum Gasteiger partial charge on any atom is 0.369 e. The molecule has 420 valence electrons. The smallest absolute Gasteiger partial charge is 0.369 e. The predicted octanol–water partition coefficient (Wildman–Crippen LogP) is 15.9. The van der Waals surface area contributed by atoms with Crippen LogP contribution in [-0.2, 0) is 0 Å². The van der Waals surface area contributed by atoms with E-state index >= 15 is 0 Å². The number of ether oxygens (including phenoxy) is 2. The second-order valence-corrected chi connectivity index (χ2v) is 30.9. The number of amides is 2. The number of nitrogens with one attached hydrogen (secondary N) is 2. The minimum atomic E-state index is -0.339. The molecule has 4 aliphatic rings. The van der Waals surface area contributed by atoms with Crippen molar-refractivity contribution in [3.05, 3.63) is 118 Å². The number of rotatable bonds is 10. The van der Waals surface area contributed by atoms with E-state index in [0.29, 0.717) is 39.7 Å². The minimum absolute atomic E-state index is 0.0159. The van der Waals surface area contributed by atoms with Crippen LogP contribution >= 0.6 is 70.5 Å². The first kappa shape index (κ1) is 64.3. The van der Waals surface area contributed by atoms with E-state index in [4.69, 9.17) is 32.7 Å². The van der Waals surface area contributed by atoms with Crippen LogP contribution < -0.4 is 20.1 Å². The molecule has 0 saturated heterocycles. The van der Waals surface area contributed by atoms with Gasteiger partial charge in [0.05, 0.1) is 19.6 Å². The zero-order valence-corrected chi connectivity index (χ0v) is 53.1. The number of aryl methyl sites for hydroxylation is 2. The van der Waals surface area contributed by atoms with Gasteiger partial charge in [0, 0.05) is 58.3 Å². The van der Waals surface area contributed by atoms with Crippen molar-refractivity contribution >= 4 is 97.0 Å². The quantitative estimate of drug-likeness (QED) is 0.0696. The Balaban J connectivity index is 0.000000254. The van der Waals surface area contributed by atoms with Crippen LogP contribution in [0.15, 0.2) is 84.9 Å². The zero-order valence-electron chi connectivity index (χ0n) is 46.9. The number of alkyl halides is 2. The molecule has 0 aliphatic heterocycles. The lowest BCUT2D eigenvalue weighted by Gasteiger charge is -2.60. The van der Waals surface area contributed by atoms with Gasteiger partial charge in [-0.2, -0.15) is 0 Å². The van der Waals surface area contributed by atoms with E-state index in [2.05, 4.69) is 113 Å². The lowest BCUT2D eigenvalue weighted by molar-refractivity contribution is -0.0904. The van der Waals surface area contributed by atoms with E-state index in [1.165, 1.54) is 18.2 Å². The molecule has 4 saturated carbocycles. The third kappa shape index (κ3) is 15.1. The number of hydrogen-bond donors (Lipinski definition) is 4. The van der Waals surface area contributed by atoms with Gasteiger partial charge in [-0.05, 0) is 145 Å². The van der Waals surface area contributed by atoms with Crippen molar-refractivity contribution < 1.29 is 38.9 Å². The fourth-order valence-electron chi connectivity index (χ4n) is 14.5. The van der Waals surface area contributed by atoms with Crippen molar-refractivity contribution in [2.45, 2.75) is 133 Å². The Morgan fingerprint density at radius 2 is 0.935 bits per heavy atom. The molecule has 2 amide bonds. The molecule has 4 aliphatic carbocycles. The van der Waals surface area contributed by atoms with Gasteiger partial charge in [0.2, 0.25) is 0 Å². The van der Waals surface area contributed by atoms with Gasteiger partial charge in [-0.15, -0.1) is 70.5 Å². The van der Waals surface area contributed by atoms with Crippen molar-refractivity contribution in [3.8, 4) is 23.0 Å². The minimum Gasteiger partial charge on any atom is -0.508 e. The fourth-order valence-corrected chi connectivity index (χ4v) is 14.5. The Morgan fingerprint density at radius 1 is 0.597 bits per heavy atom.